The average Bonchev–Trinajstić information content (AvgIpc) is 2.75. The predicted molar refractivity (Wildman–Crippen MR) is 124 cm³/mol. The van der Waals surface area contributed by atoms with Gasteiger partial charge in [-0.05, 0) is 80.8 Å². The minimum Gasteiger partial charge on any atom is -0.457 e. The van der Waals surface area contributed by atoms with E-state index in [1.165, 1.54) is 5.56 Å². The smallest absolute Gasteiger partial charge is 0.257 e. The summed E-state index contributed by atoms with van der Waals surface area (Å²) in [7, 11) is 0. The van der Waals surface area contributed by atoms with E-state index in [4.69, 9.17) is 9.47 Å². The van der Waals surface area contributed by atoms with Crippen molar-refractivity contribution in [2.75, 3.05) is 11.9 Å². The lowest BCUT2D eigenvalue weighted by Gasteiger charge is -2.14. The molecule has 0 saturated heterocycles. The van der Waals surface area contributed by atoms with Crippen molar-refractivity contribution in [1.29, 1.82) is 0 Å². The molecule has 1 amide bonds. The van der Waals surface area contributed by atoms with Crippen molar-refractivity contribution in [3.05, 3.63) is 83.2 Å². The zero-order valence-electron chi connectivity index (χ0n) is 18.8. The van der Waals surface area contributed by atoms with Gasteiger partial charge in [0.2, 0.25) is 0 Å². The maximum atomic E-state index is 12.7. The number of ether oxygens (including phenoxy) is 2. The van der Waals surface area contributed by atoms with Crippen LogP contribution in [0.1, 0.15) is 67.0 Å². The van der Waals surface area contributed by atoms with E-state index < -0.39 is 0 Å². The minimum absolute atomic E-state index is 0.102. The number of hydrogen-bond donors (Lipinski definition) is 1. The second-order valence-electron chi connectivity index (χ2n) is 7.77. The molecule has 2 aromatic carbocycles. The summed E-state index contributed by atoms with van der Waals surface area (Å²) in [6.45, 7) is 10.7. The van der Waals surface area contributed by atoms with E-state index in [9.17, 15) is 4.79 Å². The van der Waals surface area contributed by atoms with E-state index in [0.717, 1.165) is 11.4 Å². The van der Waals surface area contributed by atoms with E-state index in [2.05, 4.69) is 30.2 Å². The molecule has 5 heteroatoms. The van der Waals surface area contributed by atoms with Crippen LogP contribution in [0.3, 0.4) is 0 Å². The fraction of sp³-hybridized carbons (Fsp3) is 0.308. The third-order valence-corrected chi connectivity index (χ3v) is 5.06. The molecule has 1 atom stereocenters. The van der Waals surface area contributed by atoms with Crippen molar-refractivity contribution in [3.8, 4) is 11.5 Å². The Hall–Kier alpha value is -3.18. The highest BCUT2D eigenvalue weighted by Gasteiger charge is 2.14. The van der Waals surface area contributed by atoms with Gasteiger partial charge in [-0.2, -0.15) is 0 Å². The SMILES string of the molecule is CCOC(C)c1ccc(C(=O)Nc2ccc(Oc3cccc(C(C)C)c3)cc2)c(C)n1. The molecule has 0 aliphatic heterocycles. The number of benzene rings is 2. The molecular formula is C26H30N2O3. The van der Waals surface area contributed by atoms with Crippen molar-refractivity contribution in [2.45, 2.75) is 46.6 Å². The van der Waals surface area contributed by atoms with Gasteiger partial charge in [-0.3, -0.25) is 9.78 Å². The quantitative estimate of drug-likeness (QED) is 0.444. The van der Waals surface area contributed by atoms with Crippen LogP contribution in [0.5, 0.6) is 11.5 Å². The van der Waals surface area contributed by atoms with E-state index in [1.807, 2.05) is 69.3 Å². The standard InChI is InChI=1S/C26H30N2O3/c1-6-30-19(5)25-15-14-24(18(4)27-25)26(29)28-21-10-12-22(13-11-21)31-23-9-7-8-20(16-23)17(2)3/h7-17,19H,6H2,1-5H3,(H,28,29). The normalized spacial score (nSPS) is 11.9. The number of aromatic nitrogens is 1. The molecule has 0 aliphatic rings. The number of rotatable bonds is 8. The number of hydrogen-bond acceptors (Lipinski definition) is 4. The highest BCUT2D eigenvalue weighted by Crippen LogP contribution is 2.26. The maximum Gasteiger partial charge on any atom is 0.257 e. The van der Waals surface area contributed by atoms with E-state index in [1.54, 1.807) is 6.07 Å². The lowest BCUT2D eigenvalue weighted by Crippen LogP contribution is -2.15. The van der Waals surface area contributed by atoms with Crippen LogP contribution in [-0.4, -0.2) is 17.5 Å². The van der Waals surface area contributed by atoms with Gasteiger partial charge in [-0.25, -0.2) is 0 Å². The van der Waals surface area contributed by atoms with E-state index in [-0.39, 0.29) is 12.0 Å². The minimum atomic E-state index is -0.195. The molecule has 3 aromatic rings. The second-order valence-corrected chi connectivity index (χ2v) is 7.77. The van der Waals surface area contributed by atoms with Crippen LogP contribution in [-0.2, 0) is 4.74 Å². The largest absolute Gasteiger partial charge is 0.457 e. The number of nitrogens with zero attached hydrogens (tertiary/aromatic N) is 1. The van der Waals surface area contributed by atoms with Crippen molar-refractivity contribution < 1.29 is 14.3 Å². The molecule has 3 rings (SSSR count). The summed E-state index contributed by atoms with van der Waals surface area (Å²) in [6, 6.07) is 19.0. The van der Waals surface area contributed by atoms with E-state index >= 15 is 0 Å². The molecule has 1 unspecified atom stereocenters. The molecular weight excluding hydrogens is 388 g/mol. The van der Waals surface area contributed by atoms with Crippen LogP contribution in [0.2, 0.25) is 0 Å². The van der Waals surface area contributed by atoms with Crippen molar-refractivity contribution in [3.63, 3.8) is 0 Å². The first-order valence-corrected chi connectivity index (χ1v) is 10.7. The summed E-state index contributed by atoms with van der Waals surface area (Å²) in [5, 5.41) is 2.92. The van der Waals surface area contributed by atoms with Crippen molar-refractivity contribution in [2.24, 2.45) is 0 Å². The molecule has 1 aromatic heterocycles. The Balaban J connectivity index is 1.65. The molecule has 31 heavy (non-hydrogen) atoms. The van der Waals surface area contributed by atoms with Gasteiger partial charge in [0.15, 0.2) is 0 Å². The fourth-order valence-electron chi connectivity index (χ4n) is 3.26. The van der Waals surface area contributed by atoms with Gasteiger partial charge in [0.25, 0.3) is 5.91 Å². The topological polar surface area (TPSA) is 60.5 Å². The van der Waals surface area contributed by atoms with Crippen LogP contribution in [0, 0.1) is 6.92 Å². The van der Waals surface area contributed by atoms with Gasteiger partial charge in [0, 0.05) is 12.3 Å². The zero-order chi connectivity index (χ0) is 22.4. The Kier molecular flexibility index (Phi) is 7.42. The van der Waals surface area contributed by atoms with Crippen LogP contribution in [0.15, 0.2) is 60.7 Å². The Bertz CT molecular complexity index is 1030. The maximum absolute atomic E-state index is 12.7. The van der Waals surface area contributed by atoms with Crippen LogP contribution < -0.4 is 10.1 Å². The third kappa shape index (κ3) is 5.92. The van der Waals surface area contributed by atoms with Gasteiger partial charge in [-0.1, -0.05) is 26.0 Å². The number of aryl methyl sites for hydroxylation is 1. The number of pyridine rings is 1. The second kappa shape index (κ2) is 10.2. The fourth-order valence-corrected chi connectivity index (χ4v) is 3.26. The monoisotopic (exact) mass is 418 g/mol. The number of nitrogens with one attached hydrogen (secondary N) is 1. The molecule has 0 saturated carbocycles. The summed E-state index contributed by atoms with van der Waals surface area (Å²) in [6.07, 6.45) is -0.102. The molecule has 0 radical (unpaired) electrons. The van der Waals surface area contributed by atoms with Gasteiger partial charge in [-0.15, -0.1) is 0 Å². The first kappa shape index (κ1) is 22.5. The number of amides is 1. The highest BCUT2D eigenvalue weighted by atomic mass is 16.5. The first-order valence-electron chi connectivity index (χ1n) is 10.7. The van der Waals surface area contributed by atoms with Crippen molar-refractivity contribution in [1.82, 2.24) is 4.98 Å². The summed E-state index contributed by atoms with van der Waals surface area (Å²) >= 11 is 0. The number of carbonyl (C=O) groups excluding carboxylic acids is 1. The molecule has 0 bridgehead atoms. The lowest BCUT2D eigenvalue weighted by molar-refractivity contribution is 0.0732. The Morgan fingerprint density at radius 2 is 1.74 bits per heavy atom. The van der Waals surface area contributed by atoms with Crippen LogP contribution >= 0.6 is 0 Å². The van der Waals surface area contributed by atoms with E-state index in [0.29, 0.717) is 35.2 Å². The first-order chi connectivity index (χ1) is 14.9. The molecule has 0 spiro atoms. The van der Waals surface area contributed by atoms with Gasteiger partial charge in [0.05, 0.1) is 23.1 Å². The Morgan fingerprint density at radius 3 is 2.39 bits per heavy atom. The van der Waals surface area contributed by atoms with Crippen LogP contribution in [0.4, 0.5) is 5.69 Å². The number of anilines is 1. The average molecular weight is 419 g/mol. The molecule has 5 nitrogen and oxygen atoms in total. The molecule has 1 N–H and O–H groups in total. The summed E-state index contributed by atoms with van der Waals surface area (Å²) in [5.74, 6) is 1.76. The number of carbonyl (C=O) groups is 1. The molecule has 0 fully saturated rings. The summed E-state index contributed by atoms with van der Waals surface area (Å²) in [5.41, 5.74) is 3.95. The predicted octanol–water partition coefficient (Wildman–Crippen LogP) is 6.66. The van der Waals surface area contributed by atoms with Gasteiger partial charge in [0.1, 0.15) is 11.5 Å². The van der Waals surface area contributed by atoms with Crippen LogP contribution in [0.25, 0.3) is 0 Å². The lowest BCUT2D eigenvalue weighted by atomic mass is 10.0. The highest BCUT2D eigenvalue weighted by molar-refractivity contribution is 6.05. The van der Waals surface area contributed by atoms with Gasteiger partial charge < -0.3 is 14.8 Å². The molecule has 162 valence electrons. The zero-order valence-corrected chi connectivity index (χ0v) is 18.8. The molecule has 0 aliphatic carbocycles. The Labute approximate surface area is 184 Å². The summed E-state index contributed by atoms with van der Waals surface area (Å²) < 4.78 is 11.5. The third-order valence-electron chi connectivity index (χ3n) is 5.06. The molecule has 1 heterocycles. The Morgan fingerprint density at radius 1 is 1.00 bits per heavy atom. The van der Waals surface area contributed by atoms with Gasteiger partial charge >= 0.3 is 0 Å². The summed E-state index contributed by atoms with van der Waals surface area (Å²) in [4.78, 5) is 17.2. The van der Waals surface area contributed by atoms with Crippen molar-refractivity contribution >= 4 is 11.6 Å².